The Bertz CT molecular complexity index is 859. The Morgan fingerprint density at radius 3 is 2.43 bits per heavy atom. The van der Waals surface area contributed by atoms with Gasteiger partial charge in [0.2, 0.25) is 15.9 Å². The molecule has 2 N–H and O–H groups in total. The second kappa shape index (κ2) is 9.89. The lowest BCUT2D eigenvalue weighted by Crippen LogP contribution is -2.51. The third-order valence-corrected chi connectivity index (χ3v) is 7.54. The molecule has 0 bridgehead atoms. The normalized spacial score (nSPS) is 19.6. The highest BCUT2D eigenvalue weighted by molar-refractivity contribution is 7.89. The van der Waals surface area contributed by atoms with Crippen molar-refractivity contribution in [2.75, 3.05) is 26.3 Å². The second-order valence-electron chi connectivity index (χ2n) is 8.23. The predicted octanol–water partition coefficient (Wildman–Crippen LogP) is 1.52. The van der Waals surface area contributed by atoms with Crippen molar-refractivity contribution in [1.29, 1.82) is 0 Å². The Kier molecular flexibility index (Phi) is 7.49. The summed E-state index contributed by atoms with van der Waals surface area (Å²) in [7, 11) is -3.70. The van der Waals surface area contributed by atoms with Gasteiger partial charge in [-0.3, -0.25) is 9.59 Å². The van der Waals surface area contributed by atoms with Gasteiger partial charge in [-0.15, -0.1) is 0 Å². The van der Waals surface area contributed by atoms with Gasteiger partial charge in [-0.1, -0.05) is 32.8 Å². The van der Waals surface area contributed by atoms with Crippen molar-refractivity contribution in [2.24, 2.45) is 5.92 Å². The molecule has 0 spiro atoms. The van der Waals surface area contributed by atoms with E-state index >= 15 is 0 Å². The molecule has 3 rings (SSSR count). The lowest BCUT2D eigenvalue weighted by atomic mass is 10.0. The van der Waals surface area contributed by atoms with Crippen molar-refractivity contribution in [1.82, 2.24) is 14.9 Å². The van der Waals surface area contributed by atoms with E-state index < -0.39 is 22.0 Å². The highest BCUT2D eigenvalue weighted by Crippen LogP contribution is 2.20. The van der Waals surface area contributed by atoms with Crippen LogP contribution in [-0.2, 0) is 19.6 Å². The zero-order valence-electron chi connectivity index (χ0n) is 17.6. The van der Waals surface area contributed by atoms with Gasteiger partial charge in [0.25, 0.3) is 5.91 Å². The van der Waals surface area contributed by atoms with Crippen molar-refractivity contribution < 1.29 is 22.7 Å². The van der Waals surface area contributed by atoms with Gasteiger partial charge in [-0.25, -0.2) is 8.42 Å². The van der Waals surface area contributed by atoms with Gasteiger partial charge in [0, 0.05) is 24.7 Å². The topological polar surface area (TPSA) is 105 Å². The summed E-state index contributed by atoms with van der Waals surface area (Å²) in [5.74, 6) is -0.757. The fraction of sp³-hybridized carbons (Fsp3) is 0.619. The van der Waals surface area contributed by atoms with Gasteiger partial charge in [0.1, 0.15) is 6.04 Å². The third-order valence-electron chi connectivity index (χ3n) is 5.64. The van der Waals surface area contributed by atoms with Crippen LogP contribution in [0, 0.1) is 5.92 Å². The average molecular weight is 438 g/mol. The maximum Gasteiger partial charge on any atom is 0.251 e. The molecule has 1 aromatic carbocycles. The van der Waals surface area contributed by atoms with Crippen molar-refractivity contribution in [2.45, 2.75) is 56.5 Å². The minimum Gasteiger partial charge on any atom is -0.379 e. The minimum absolute atomic E-state index is 0.0635. The minimum atomic E-state index is -3.70. The Labute approximate surface area is 178 Å². The summed E-state index contributed by atoms with van der Waals surface area (Å²) in [6, 6.07) is 5.43. The van der Waals surface area contributed by atoms with Gasteiger partial charge in [0.05, 0.1) is 18.1 Å². The highest BCUT2D eigenvalue weighted by atomic mass is 32.2. The van der Waals surface area contributed by atoms with E-state index in [4.69, 9.17) is 4.74 Å². The van der Waals surface area contributed by atoms with Crippen LogP contribution in [0.15, 0.2) is 29.2 Å². The molecule has 1 aliphatic carbocycles. The maximum atomic E-state index is 12.9. The Morgan fingerprint density at radius 1 is 1.13 bits per heavy atom. The number of nitrogens with zero attached hydrogens (tertiary/aromatic N) is 1. The molecule has 9 heteroatoms. The monoisotopic (exact) mass is 437 g/mol. The van der Waals surface area contributed by atoms with Gasteiger partial charge >= 0.3 is 0 Å². The molecule has 1 aliphatic heterocycles. The molecule has 1 saturated heterocycles. The molecule has 1 heterocycles. The van der Waals surface area contributed by atoms with Crippen LogP contribution in [0.2, 0.25) is 0 Å². The van der Waals surface area contributed by atoms with E-state index in [9.17, 15) is 18.0 Å². The van der Waals surface area contributed by atoms with E-state index in [1.165, 1.54) is 16.4 Å². The number of carbonyl (C=O) groups is 2. The number of benzene rings is 1. The summed E-state index contributed by atoms with van der Waals surface area (Å²) in [6.45, 7) is 5.03. The van der Waals surface area contributed by atoms with E-state index in [1.54, 1.807) is 12.1 Å². The van der Waals surface area contributed by atoms with E-state index in [0.717, 1.165) is 25.7 Å². The fourth-order valence-corrected chi connectivity index (χ4v) is 5.31. The molecule has 1 aromatic rings. The first kappa shape index (κ1) is 22.7. The van der Waals surface area contributed by atoms with Crippen LogP contribution in [0.4, 0.5) is 0 Å². The Balaban J connectivity index is 1.72. The Hall–Kier alpha value is -1.97. The number of sulfonamides is 1. The van der Waals surface area contributed by atoms with Crippen LogP contribution in [-0.4, -0.2) is 62.9 Å². The van der Waals surface area contributed by atoms with Gasteiger partial charge in [-0.2, -0.15) is 4.31 Å². The van der Waals surface area contributed by atoms with Crippen molar-refractivity contribution in [3.63, 3.8) is 0 Å². The summed E-state index contributed by atoms with van der Waals surface area (Å²) in [5.41, 5.74) is 0.212. The van der Waals surface area contributed by atoms with E-state index in [1.807, 2.05) is 13.8 Å². The van der Waals surface area contributed by atoms with E-state index in [0.29, 0.717) is 13.2 Å². The number of hydrogen-bond donors (Lipinski definition) is 2. The molecule has 30 heavy (non-hydrogen) atoms. The lowest BCUT2D eigenvalue weighted by molar-refractivity contribution is -0.124. The standard InChI is InChI=1S/C21H31N3O5S/c1-15(2)19(21(26)22-17-7-3-4-8-17)23-20(25)16-6-5-9-18(14-16)30(27,28)24-10-12-29-13-11-24/h5-6,9,14-15,17,19H,3-4,7-8,10-13H2,1-2H3,(H,22,26)(H,23,25)/t19-/m0/s1. The molecule has 0 radical (unpaired) electrons. The molecule has 0 aromatic heterocycles. The smallest absolute Gasteiger partial charge is 0.251 e. The Morgan fingerprint density at radius 2 is 1.80 bits per heavy atom. The molecule has 1 saturated carbocycles. The lowest BCUT2D eigenvalue weighted by Gasteiger charge is -2.26. The fourth-order valence-electron chi connectivity index (χ4n) is 3.85. The molecule has 1 atom stereocenters. The van der Waals surface area contributed by atoms with Crippen LogP contribution in [0.25, 0.3) is 0 Å². The van der Waals surface area contributed by atoms with Crippen molar-refractivity contribution in [3.8, 4) is 0 Å². The summed E-state index contributed by atoms with van der Waals surface area (Å²) < 4.78 is 32.3. The number of carbonyl (C=O) groups excluding carboxylic acids is 2. The van der Waals surface area contributed by atoms with Crippen LogP contribution in [0.5, 0.6) is 0 Å². The summed E-state index contributed by atoms with van der Waals surface area (Å²) >= 11 is 0. The summed E-state index contributed by atoms with van der Waals surface area (Å²) in [4.78, 5) is 25.6. The number of amides is 2. The van der Waals surface area contributed by atoms with Crippen LogP contribution in [0.1, 0.15) is 49.9 Å². The number of morpholine rings is 1. The van der Waals surface area contributed by atoms with E-state index in [2.05, 4.69) is 10.6 Å². The average Bonchev–Trinajstić information content (AvgIpc) is 3.25. The second-order valence-corrected chi connectivity index (χ2v) is 10.2. The molecule has 8 nitrogen and oxygen atoms in total. The summed E-state index contributed by atoms with van der Waals surface area (Å²) in [5, 5.41) is 5.81. The first-order valence-electron chi connectivity index (χ1n) is 10.6. The zero-order valence-corrected chi connectivity index (χ0v) is 18.4. The molecular weight excluding hydrogens is 406 g/mol. The number of nitrogens with one attached hydrogen (secondary N) is 2. The quantitative estimate of drug-likeness (QED) is 0.673. The molecular formula is C21H31N3O5S. The van der Waals surface area contributed by atoms with Crippen molar-refractivity contribution >= 4 is 21.8 Å². The van der Waals surface area contributed by atoms with Gasteiger partial charge < -0.3 is 15.4 Å². The first-order chi connectivity index (χ1) is 14.3. The molecule has 2 fully saturated rings. The van der Waals surface area contributed by atoms with Gasteiger partial charge in [0.15, 0.2) is 0 Å². The third kappa shape index (κ3) is 5.39. The SMILES string of the molecule is CC(C)[C@H](NC(=O)c1cccc(S(=O)(=O)N2CCOCC2)c1)C(=O)NC1CCCC1. The number of hydrogen-bond acceptors (Lipinski definition) is 5. The maximum absolute atomic E-state index is 12.9. The molecule has 0 unspecified atom stereocenters. The van der Waals surface area contributed by atoms with E-state index in [-0.39, 0.29) is 41.4 Å². The van der Waals surface area contributed by atoms with Crippen molar-refractivity contribution in [3.05, 3.63) is 29.8 Å². The largest absolute Gasteiger partial charge is 0.379 e. The number of rotatable bonds is 7. The summed E-state index contributed by atoms with van der Waals surface area (Å²) in [6.07, 6.45) is 4.14. The molecule has 2 amide bonds. The van der Waals surface area contributed by atoms with Crippen LogP contribution >= 0.6 is 0 Å². The molecule has 2 aliphatic rings. The number of ether oxygens (including phenoxy) is 1. The molecule has 166 valence electrons. The zero-order chi connectivity index (χ0) is 21.7. The van der Waals surface area contributed by atoms with Crippen LogP contribution < -0.4 is 10.6 Å². The predicted molar refractivity (Wildman–Crippen MR) is 113 cm³/mol. The van der Waals surface area contributed by atoms with Gasteiger partial charge in [-0.05, 0) is 37.0 Å². The first-order valence-corrected chi connectivity index (χ1v) is 12.0. The highest BCUT2D eigenvalue weighted by Gasteiger charge is 2.29. The van der Waals surface area contributed by atoms with Crippen LogP contribution in [0.3, 0.4) is 0 Å².